The van der Waals surface area contributed by atoms with Crippen molar-refractivity contribution in [3.8, 4) is 0 Å². The number of quaternary nitrogens is 1. The fourth-order valence-electron chi connectivity index (χ4n) is 3.55. The minimum Gasteiger partial charge on any atom is -1.00 e. The predicted molar refractivity (Wildman–Crippen MR) is 110 cm³/mol. The second kappa shape index (κ2) is 12.9. The summed E-state index contributed by atoms with van der Waals surface area (Å²) in [6.07, 6.45) is 10.9. The molecule has 0 aliphatic heterocycles. The van der Waals surface area contributed by atoms with Gasteiger partial charge in [0.25, 0.3) is 0 Å². The zero-order valence-corrected chi connectivity index (χ0v) is 17.4. The molecule has 0 saturated carbocycles. The molecule has 2 aromatic rings. The smallest absolute Gasteiger partial charge is 0.104 e. The zero-order valence-electron chi connectivity index (χ0n) is 16.7. The summed E-state index contributed by atoms with van der Waals surface area (Å²) >= 11 is 0. The lowest BCUT2D eigenvalue weighted by Crippen LogP contribution is -3.00. The van der Waals surface area contributed by atoms with Crippen LogP contribution in [0.2, 0.25) is 0 Å². The van der Waals surface area contributed by atoms with Crippen LogP contribution < -0.4 is 12.4 Å². The van der Waals surface area contributed by atoms with Gasteiger partial charge in [-0.1, -0.05) is 86.3 Å². The highest BCUT2D eigenvalue weighted by atomic mass is 35.5. The van der Waals surface area contributed by atoms with Crippen molar-refractivity contribution in [1.29, 1.82) is 0 Å². The molecule has 26 heavy (non-hydrogen) atoms. The van der Waals surface area contributed by atoms with Crippen LogP contribution in [0.15, 0.2) is 60.7 Å². The first kappa shape index (κ1) is 22.7. The van der Waals surface area contributed by atoms with Crippen LogP contribution in [-0.2, 0) is 13.0 Å². The predicted octanol–water partition coefficient (Wildman–Crippen LogP) is 3.24. The molecular weight excluding hydrogens is 338 g/mol. The molecule has 0 unspecified atom stereocenters. The van der Waals surface area contributed by atoms with Gasteiger partial charge in [-0.3, -0.25) is 0 Å². The third kappa shape index (κ3) is 9.99. The first-order valence-corrected chi connectivity index (χ1v) is 10.1. The Labute approximate surface area is 167 Å². The quantitative estimate of drug-likeness (QED) is 0.396. The van der Waals surface area contributed by atoms with Crippen molar-refractivity contribution < 1.29 is 16.9 Å². The Kier molecular flexibility index (Phi) is 11.3. The average molecular weight is 374 g/mol. The Morgan fingerprint density at radius 1 is 0.577 bits per heavy atom. The topological polar surface area (TPSA) is 0 Å². The molecule has 0 fully saturated rings. The van der Waals surface area contributed by atoms with E-state index in [4.69, 9.17) is 0 Å². The lowest BCUT2D eigenvalue weighted by molar-refractivity contribution is -0.903. The molecule has 1 nitrogen and oxygen atoms in total. The maximum Gasteiger partial charge on any atom is 0.104 e. The van der Waals surface area contributed by atoms with E-state index in [9.17, 15) is 0 Å². The number of aryl methyl sites for hydroxylation is 1. The van der Waals surface area contributed by atoms with E-state index < -0.39 is 0 Å². The highest BCUT2D eigenvalue weighted by Crippen LogP contribution is 2.14. The van der Waals surface area contributed by atoms with Crippen LogP contribution in [0.4, 0.5) is 0 Å². The molecule has 2 heteroatoms. The van der Waals surface area contributed by atoms with Crippen LogP contribution in [0.5, 0.6) is 0 Å². The van der Waals surface area contributed by atoms with Gasteiger partial charge in [-0.15, -0.1) is 0 Å². The summed E-state index contributed by atoms with van der Waals surface area (Å²) in [7, 11) is 4.72. The van der Waals surface area contributed by atoms with Crippen LogP contribution in [0.1, 0.15) is 56.1 Å². The molecule has 0 aliphatic rings. The maximum absolute atomic E-state index is 2.36. The SMILES string of the molecule is C[N+](C)(CCCCCCCCCc1ccccc1)Cc1ccccc1.[Cl-]. The molecule has 0 heterocycles. The summed E-state index contributed by atoms with van der Waals surface area (Å²) in [5, 5.41) is 0. The number of halogens is 1. The van der Waals surface area contributed by atoms with Gasteiger partial charge in [-0.2, -0.15) is 0 Å². The van der Waals surface area contributed by atoms with Gasteiger partial charge >= 0.3 is 0 Å². The summed E-state index contributed by atoms with van der Waals surface area (Å²) in [5.41, 5.74) is 2.94. The molecule has 0 aromatic heterocycles. The van der Waals surface area contributed by atoms with Gasteiger partial charge in [0.15, 0.2) is 0 Å². The summed E-state index contributed by atoms with van der Waals surface area (Å²) < 4.78 is 1.10. The van der Waals surface area contributed by atoms with Crippen molar-refractivity contribution in [2.24, 2.45) is 0 Å². The fourth-order valence-corrected chi connectivity index (χ4v) is 3.55. The first-order valence-electron chi connectivity index (χ1n) is 10.1. The fraction of sp³-hybridized carbons (Fsp3) is 0.500. The lowest BCUT2D eigenvalue weighted by Gasteiger charge is -2.30. The standard InChI is InChI=1S/C24H36N.ClH/c1-25(2,22-24-19-13-9-14-20-24)21-15-7-5-3-4-6-10-16-23-17-11-8-12-18-23;/h8-9,11-14,17-20H,3-7,10,15-16,21-22H2,1-2H3;1H/q+1;/p-1. The van der Waals surface area contributed by atoms with E-state index in [-0.39, 0.29) is 12.4 Å². The van der Waals surface area contributed by atoms with Crippen LogP contribution in [0, 0.1) is 0 Å². The number of hydrogen-bond donors (Lipinski definition) is 0. The van der Waals surface area contributed by atoms with Gasteiger partial charge in [0.2, 0.25) is 0 Å². The Morgan fingerprint density at radius 3 is 1.62 bits per heavy atom. The molecule has 0 saturated heterocycles. The van der Waals surface area contributed by atoms with E-state index >= 15 is 0 Å². The van der Waals surface area contributed by atoms with E-state index in [1.807, 2.05) is 0 Å². The highest BCUT2D eigenvalue weighted by Gasteiger charge is 2.14. The van der Waals surface area contributed by atoms with E-state index in [1.165, 1.54) is 69.0 Å². The first-order chi connectivity index (χ1) is 12.2. The minimum atomic E-state index is 0. The zero-order chi connectivity index (χ0) is 17.8. The maximum atomic E-state index is 2.36. The summed E-state index contributed by atoms with van der Waals surface area (Å²) in [5.74, 6) is 0. The Hall–Kier alpha value is -1.31. The van der Waals surface area contributed by atoms with Crippen molar-refractivity contribution in [2.75, 3.05) is 20.6 Å². The molecule has 0 radical (unpaired) electrons. The molecule has 2 aromatic carbocycles. The molecule has 144 valence electrons. The summed E-state index contributed by atoms with van der Waals surface area (Å²) in [6.45, 7) is 2.42. The summed E-state index contributed by atoms with van der Waals surface area (Å²) in [4.78, 5) is 0. The molecule has 0 aliphatic carbocycles. The Balaban J connectivity index is 0.00000338. The molecule has 0 atom stereocenters. The minimum absolute atomic E-state index is 0. The number of hydrogen-bond acceptors (Lipinski definition) is 0. The second-order valence-electron chi connectivity index (χ2n) is 8.01. The lowest BCUT2D eigenvalue weighted by atomic mass is 10.0. The monoisotopic (exact) mass is 373 g/mol. The van der Waals surface area contributed by atoms with Crippen LogP contribution >= 0.6 is 0 Å². The van der Waals surface area contributed by atoms with Crippen molar-refractivity contribution >= 4 is 0 Å². The number of unbranched alkanes of at least 4 members (excludes halogenated alkanes) is 6. The van der Waals surface area contributed by atoms with Gasteiger partial charge in [-0.25, -0.2) is 0 Å². The highest BCUT2D eigenvalue weighted by molar-refractivity contribution is 5.14. The van der Waals surface area contributed by atoms with Crippen molar-refractivity contribution in [3.05, 3.63) is 71.8 Å². The van der Waals surface area contributed by atoms with Crippen molar-refractivity contribution in [2.45, 2.75) is 57.9 Å². The second-order valence-corrected chi connectivity index (χ2v) is 8.01. The van der Waals surface area contributed by atoms with Gasteiger partial charge in [0.1, 0.15) is 6.54 Å². The van der Waals surface area contributed by atoms with Crippen LogP contribution in [-0.4, -0.2) is 25.1 Å². The van der Waals surface area contributed by atoms with Gasteiger partial charge < -0.3 is 16.9 Å². The Bertz CT molecular complexity index is 565. The molecule has 0 spiro atoms. The normalized spacial score (nSPS) is 11.2. The van der Waals surface area contributed by atoms with Crippen molar-refractivity contribution in [1.82, 2.24) is 0 Å². The molecule has 2 rings (SSSR count). The average Bonchev–Trinajstić information content (AvgIpc) is 2.61. The molecule has 0 N–H and O–H groups in total. The van der Waals surface area contributed by atoms with Gasteiger partial charge in [-0.05, 0) is 31.2 Å². The molecular formula is C24H36ClN. The number of nitrogens with zero attached hydrogens (tertiary/aromatic N) is 1. The third-order valence-corrected chi connectivity index (χ3v) is 5.03. The molecule has 0 bridgehead atoms. The van der Waals surface area contributed by atoms with Gasteiger partial charge in [0, 0.05) is 5.56 Å². The van der Waals surface area contributed by atoms with E-state index in [0.717, 1.165) is 11.0 Å². The third-order valence-electron chi connectivity index (χ3n) is 5.03. The van der Waals surface area contributed by atoms with E-state index in [2.05, 4.69) is 74.8 Å². The van der Waals surface area contributed by atoms with E-state index in [1.54, 1.807) is 0 Å². The number of rotatable bonds is 12. The molecule has 0 amide bonds. The van der Waals surface area contributed by atoms with Crippen LogP contribution in [0.25, 0.3) is 0 Å². The van der Waals surface area contributed by atoms with Crippen LogP contribution in [0.3, 0.4) is 0 Å². The van der Waals surface area contributed by atoms with E-state index in [0.29, 0.717) is 0 Å². The largest absolute Gasteiger partial charge is 1.00 e. The Morgan fingerprint density at radius 2 is 1.04 bits per heavy atom. The van der Waals surface area contributed by atoms with Crippen molar-refractivity contribution in [3.63, 3.8) is 0 Å². The summed E-state index contributed by atoms with van der Waals surface area (Å²) in [6, 6.07) is 21.8. The van der Waals surface area contributed by atoms with Gasteiger partial charge in [0.05, 0.1) is 20.6 Å². The number of benzene rings is 2.